The Bertz CT molecular complexity index is 749. The molecule has 25 heavy (non-hydrogen) atoms. The third kappa shape index (κ3) is 3.01. The third-order valence-corrected chi connectivity index (χ3v) is 8.57. The molecule has 1 heterocycles. The Labute approximate surface area is 156 Å². The van der Waals surface area contributed by atoms with Gasteiger partial charge in [0.2, 0.25) is 14.9 Å². The minimum atomic E-state index is -1.05. The number of hydrogen-bond acceptors (Lipinski definition) is 3. The summed E-state index contributed by atoms with van der Waals surface area (Å²) in [4.78, 5) is 15.0. The van der Waals surface area contributed by atoms with E-state index in [9.17, 15) is 4.79 Å². The molecule has 4 nitrogen and oxygen atoms in total. The van der Waals surface area contributed by atoms with E-state index in [0.717, 1.165) is 18.5 Å². The second kappa shape index (κ2) is 6.12. The van der Waals surface area contributed by atoms with Crippen molar-refractivity contribution in [2.45, 2.75) is 64.3 Å². The van der Waals surface area contributed by atoms with Crippen LogP contribution in [-0.4, -0.2) is 27.1 Å². The first-order chi connectivity index (χ1) is 11.6. The zero-order chi connectivity index (χ0) is 18.6. The Morgan fingerprint density at radius 1 is 1.40 bits per heavy atom. The van der Waals surface area contributed by atoms with Crippen molar-refractivity contribution in [2.75, 3.05) is 4.90 Å². The molecule has 1 aromatic rings. The molecule has 2 aliphatic rings. The number of carbonyl (C=O) groups is 1. The lowest BCUT2D eigenvalue weighted by Crippen LogP contribution is -2.40. The number of nitrogens with zero attached hydrogens (tertiary/aromatic N) is 2. The number of rotatable bonds is 3. The van der Waals surface area contributed by atoms with Crippen molar-refractivity contribution >= 4 is 32.2 Å². The summed E-state index contributed by atoms with van der Waals surface area (Å²) in [5, 5.41) is 9.56. The highest BCUT2D eigenvalue weighted by Crippen LogP contribution is 2.58. The van der Waals surface area contributed by atoms with Crippen LogP contribution in [-0.2, 0) is 9.22 Å². The van der Waals surface area contributed by atoms with Crippen LogP contribution in [0.15, 0.2) is 18.2 Å². The van der Waals surface area contributed by atoms with Crippen molar-refractivity contribution < 1.29 is 9.22 Å². The van der Waals surface area contributed by atoms with Crippen LogP contribution in [0.1, 0.15) is 46.1 Å². The van der Waals surface area contributed by atoms with E-state index in [-0.39, 0.29) is 28.5 Å². The summed E-state index contributed by atoms with van der Waals surface area (Å²) >= 11 is 6.18. The minimum Gasteiger partial charge on any atom is -0.410 e. The molecule has 0 N–H and O–H groups in total. The predicted octanol–water partition coefficient (Wildman–Crippen LogP) is 4.53. The Hall–Kier alpha value is -1.35. The van der Waals surface area contributed by atoms with Crippen molar-refractivity contribution in [3.05, 3.63) is 28.8 Å². The molecule has 0 aromatic heterocycles. The molecule has 1 amide bonds. The van der Waals surface area contributed by atoms with Crippen LogP contribution < -0.4 is 4.90 Å². The van der Waals surface area contributed by atoms with E-state index < -0.39 is 9.04 Å². The molecule has 1 aliphatic carbocycles. The highest BCUT2D eigenvalue weighted by molar-refractivity contribution is 6.53. The van der Waals surface area contributed by atoms with Crippen molar-refractivity contribution in [1.82, 2.24) is 0 Å². The summed E-state index contributed by atoms with van der Waals surface area (Å²) in [6.07, 6.45) is 1.70. The van der Waals surface area contributed by atoms with Crippen molar-refractivity contribution in [3.63, 3.8) is 0 Å². The first-order valence-corrected chi connectivity index (χ1v) is 10.9. The van der Waals surface area contributed by atoms with Gasteiger partial charge < -0.3 is 9.33 Å². The molecule has 1 spiro atoms. The number of amides is 1. The van der Waals surface area contributed by atoms with Crippen LogP contribution in [0.25, 0.3) is 0 Å². The van der Waals surface area contributed by atoms with E-state index in [1.54, 1.807) is 18.2 Å². The van der Waals surface area contributed by atoms with Gasteiger partial charge in [-0.05, 0) is 49.5 Å². The molecule has 0 unspecified atom stereocenters. The molecular weight excluding hydrogens is 352 g/mol. The highest BCUT2D eigenvalue weighted by Gasteiger charge is 2.66. The zero-order valence-electron chi connectivity index (χ0n) is 15.4. The van der Waals surface area contributed by atoms with E-state index in [0.29, 0.717) is 10.6 Å². The maximum absolute atomic E-state index is 13.2. The molecule has 2 fully saturated rings. The molecule has 6 heteroatoms. The fourth-order valence-electron chi connectivity index (χ4n) is 3.45. The average molecular weight is 376 g/mol. The Morgan fingerprint density at radius 2 is 2.04 bits per heavy atom. The van der Waals surface area contributed by atoms with E-state index in [1.807, 2.05) is 4.90 Å². The lowest BCUT2D eigenvalue weighted by Gasteiger charge is -2.32. The van der Waals surface area contributed by atoms with Crippen LogP contribution in [0.2, 0.25) is 16.6 Å². The smallest absolute Gasteiger partial charge is 0.236 e. The van der Waals surface area contributed by atoms with Crippen LogP contribution in [0.5, 0.6) is 0 Å². The first-order valence-electron chi connectivity index (χ1n) is 8.66. The summed E-state index contributed by atoms with van der Waals surface area (Å²) < 4.78 is 6.52. The average Bonchev–Trinajstić information content (AvgIpc) is 3.29. The van der Waals surface area contributed by atoms with E-state index in [1.165, 1.54) is 0 Å². The quantitative estimate of drug-likeness (QED) is 0.729. The minimum absolute atomic E-state index is 0.0405. The molecule has 2 atom stereocenters. The number of benzene rings is 1. The van der Waals surface area contributed by atoms with Crippen LogP contribution in [0.4, 0.5) is 5.69 Å². The van der Waals surface area contributed by atoms with Gasteiger partial charge in [0.15, 0.2) is 0 Å². The van der Waals surface area contributed by atoms with Gasteiger partial charge in [-0.25, -0.2) is 0 Å². The van der Waals surface area contributed by atoms with Crippen LogP contribution >= 0.6 is 11.6 Å². The molecule has 1 aliphatic heterocycles. The molecule has 1 radical (unpaired) electrons. The zero-order valence-corrected chi connectivity index (χ0v) is 17.1. The third-order valence-electron chi connectivity index (χ3n) is 5.53. The van der Waals surface area contributed by atoms with E-state index in [4.69, 9.17) is 21.3 Å². The Kier molecular flexibility index (Phi) is 4.51. The molecular formula is C19H24ClN2O2Si. The van der Waals surface area contributed by atoms with E-state index in [2.05, 4.69) is 40.3 Å². The van der Waals surface area contributed by atoms with Gasteiger partial charge in [0.05, 0.1) is 28.1 Å². The van der Waals surface area contributed by atoms with Gasteiger partial charge in [-0.2, -0.15) is 5.26 Å². The molecule has 1 aromatic carbocycles. The second-order valence-electron chi connectivity index (χ2n) is 8.19. The van der Waals surface area contributed by atoms with Crippen LogP contribution in [0, 0.1) is 16.7 Å². The monoisotopic (exact) mass is 375 g/mol. The van der Waals surface area contributed by atoms with Gasteiger partial charge >= 0.3 is 0 Å². The van der Waals surface area contributed by atoms with Gasteiger partial charge in [0, 0.05) is 5.69 Å². The highest BCUT2D eigenvalue weighted by atomic mass is 35.5. The largest absolute Gasteiger partial charge is 0.410 e. The normalized spacial score (nSPS) is 24.9. The number of halogens is 1. The number of anilines is 1. The maximum Gasteiger partial charge on any atom is 0.236 e. The molecule has 1 saturated heterocycles. The van der Waals surface area contributed by atoms with Gasteiger partial charge in [0.25, 0.3) is 0 Å². The fourth-order valence-corrected chi connectivity index (χ4v) is 4.83. The standard InChI is InChI=1S/C19H24ClN2O2Si/c1-12-16(24-25(5)18(2,3)4)19(8-9-19)17(23)22(12)14-7-6-13(11-21)15(20)10-14/h6-7,10,12,16H,8-9H2,1-5H3/t12-,16+/m0/s1. The molecule has 1 saturated carbocycles. The lowest BCUT2D eigenvalue weighted by molar-refractivity contribution is -0.123. The predicted molar refractivity (Wildman–Crippen MR) is 101 cm³/mol. The topological polar surface area (TPSA) is 53.3 Å². The van der Waals surface area contributed by atoms with E-state index >= 15 is 0 Å². The first kappa shape index (κ1) is 18.4. The number of carbonyl (C=O) groups excluding carboxylic acids is 1. The lowest BCUT2D eigenvalue weighted by atomic mass is 9.99. The van der Waals surface area contributed by atoms with Gasteiger partial charge in [-0.3, -0.25) is 4.79 Å². The summed E-state index contributed by atoms with van der Waals surface area (Å²) in [5.74, 6) is 0.134. The van der Waals surface area contributed by atoms with Gasteiger partial charge in [0.1, 0.15) is 6.07 Å². The summed E-state index contributed by atoms with van der Waals surface area (Å²) in [7, 11) is -1.05. The number of hydrogen-bond donors (Lipinski definition) is 0. The molecule has 133 valence electrons. The Morgan fingerprint density at radius 3 is 2.52 bits per heavy atom. The second-order valence-corrected chi connectivity index (χ2v) is 11.4. The molecule has 3 rings (SSSR count). The summed E-state index contributed by atoms with van der Waals surface area (Å²) in [6.45, 7) is 10.8. The SMILES string of the molecule is C[C@H]1[C@@H](O[Si](C)C(C)(C)C)C2(CC2)C(=O)N1c1ccc(C#N)c(Cl)c1. The number of nitriles is 1. The van der Waals surface area contributed by atoms with Gasteiger partial charge in [-0.1, -0.05) is 32.4 Å². The van der Waals surface area contributed by atoms with Crippen molar-refractivity contribution in [1.29, 1.82) is 5.26 Å². The molecule has 0 bridgehead atoms. The van der Waals surface area contributed by atoms with Crippen molar-refractivity contribution in [3.8, 4) is 6.07 Å². The van der Waals surface area contributed by atoms with Crippen molar-refractivity contribution in [2.24, 2.45) is 5.41 Å². The van der Waals surface area contributed by atoms with Crippen LogP contribution in [0.3, 0.4) is 0 Å². The summed E-state index contributed by atoms with van der Waals surface area (Å²) in [5.41, 5.74) is 0.807. The fraction of sp³-hybridized carbons (Fsp3) is 0.579. The maximum atomic E-state index is 13.2. The Balaban J connectivity index is 1.92. The summed E-state index contributed by atoms with van der Waals surface area (Å²) in [6, 6.07) is 7.22. The van der Waals surface area contributed by atoms with Gasteiger partial charge in [-0.15, -0.1) is 0 Å².